The number of Topliss-reactive ketones (excluding diaryl/α,β-unsaturated/α-hetero) is 1. The molecule has 3 atom stereocenters. The van der Waals surface area contributed by atoms with E-state index in [1.807, 2.05) is 0 Å². The summed E-state index contributed by atoms with van der Waals surface area (Å²) in [6.07, 6.45) is -1.82. The maximum atomic E-state index is 13.0. The van der Waals surface area contributed by atoms with Crippen LogP contribution in [0.3, 0.4) is 0 Å². The second-order valence-corrected chi connectivity index (χ2v) is 3.20. The van der Waals surface area contributed by atoms with Gasteiger partial charge in [0.15, 0.2) is 5.78 Å². The van der Waals surface area contributed by atoms with E-state index in [0.29, 0.717) is 0 Å². The maximum Gasteiger partial charge on any atom is 0.152 e. The summed E-state index contributed by atoms with van der Waals surface area (Å²) in [4.78, 5) is 11.0. The first kappa shape index (κ1) is 9.58. The lowest BCUT2D eigenvalue weighted by Gasteiger charge is -2.26. The zero-order valence-electron chi connectivity index (χ0n) is 6.80. The van der Waals surface area contributed by atoms with Gasteiger partial charge in [0.2, 0.25) is 0 Å². The van der Waals surface area contributed by atoms with Crippen LogP contribution >= 0.6 is 0 Å². The fraction of sp³-hybridized carbons (Fsp3) is 0.875. The third-order valence-corrected chi connectivity index (χ3v) is 2.32. The fourth-order valence-electron chi connectivity index (χ4n) is 1.57. The number of carbonyl (C=O) groups excluding carboxylic acids is 1. The molecule has 1 rings (SSSR count). The smallest absolute Gasteiger partial charge is 0.152 e. The van der Waals surface area contributed by atoms with Crippen molar-refractivity contribution in [1.29, 1.82) is 0 Å². The predicted molar refractivity (Wildman–Crippen MR) is 41.2 cm³/mol. The van der Waals surface area contributed by atoms with Crippen LogP contribution in [0.1, 0.15) is 19.3 Å². The van der Waals surface area contributed by atoms with Gasteiger partial charge in [-0.05, 0) is 19.3 Å². The maximum absolute atomic E-state index is 13.0. The molecule has 0 aromatic heterocycles. The van der Waals surface area contributed by atoms with Crippen LogP contribution in [0.4, 0.5) is 8.78 Å². The normalized spacial score (nSPS) is 36.4. The molecule has 0 aromatic rings. The van der Waals surface area contributed by atoms with Crippen molar-refractivity contribution in [1.82, 2.24) is 0 Å². The molecular formula is C8H13F2NO. The molecule has 1 fully saturated rings. The van der Waals surface area contributed by atoms with Gasteiger partial charge in [-0.15, -0.1) is 0 Å². The Morgan fingerprint density at radius 3 is 2.67 bits per heavy atom. The molecule has 2 nitrogen and oxygen atoms in total. The Morgan fingerprint density at radius 1 is 1.42 bits per heavy atom. The zero-order chi connectivity index (χ0) is 9.14. The Kier molecular flexibility index (Phi) is 3.14. The van der Waals surface area contributed by atoms with Crippen LogP contribution in [0, 0.1) is 5.92 Å². The third kappa shape index (κ3) is 2.00. The second-order valence-electron chi connectivity index (χ2n) is 3.20. The molecule has 0 radical (unpaired) electrons. The standard InChI is InChI=1S/C8H13F2NO/c9-5-1-2-7(10)6(3-5)8(12)4-11/h5-7H,1-4,11H2. The van der Waals surface area contributed by atoms with Gasteiger partial charge < -0.3 is 5.73 Å². The molecule has 1 aliphatic rings. The van der Waals surface area contributed by atoms with Crippen LogP contribution in [0.15, 0.2) is 0 Å². The van der Waals surface area contributed by atoms with E-state index in [0.717, 1.165) is 0 Å². The lowest BCUT2D eigenvalue weighted by atomic mass is 9.83. The van der Waals surface area contributed by atoms with E-state index < -0.39 is 18.3 Å². The fourth-order valence-corrected chi connectivity index (χ4v) is 1.57. The summed E-state index contributed by atoms with van der Waals surface area (Å²) in [7, 11) is 0. The molecule has 0 amide bonds. The quantitative estimate of drug-likeness (QED) is 0.683. The van der Waals surface area contributed by atoms with Gasteiger partial charge >= 0.3 is 0 Å². The lowest BCUT2D eigenvalue weighted by Crippen LogP contribution is -2.36. The SMILES string of the molecule is NCC(=O)C1CC(F)CCC1F. The van der Waals surface area contributed by atoms with Gasteiger partial charge in [-0.2, -0.15) is 0 Å². The van der Waals surface area contributed by atoms with Gasteiger partial charge in [-0.25, -0.2) is 8.78 Å². The van der Waals surface area contributed by atoms with Crippen molar-refractivity contribution in [2.75, 3.05) is 6.54 Å². The molecule has 0 heterocycles. The molecule has 1 aliphatic carbocycles. The van der Waals surface area contributed by atoms with E-state index in [2.05, 4.69) is 0 Å². The molecular weight excluding hydrogens is 164 g/mol. The van der Waals surface area contributed by atoms with E-state index in [9.17, 15) is 13.6 Å². The lowest BCUT2D eigenvalue weighted by molar-refractivity contribution is -0.125. The van der Waals surface area contributed by atoms with Crippen molar-refractivity contribution >= 4 is 5.78 Å². The van der Waals surface area contributed by atoms with Gasteiger partial charge in [-0.1, -0.05) is 0 Å². The van der Waals surface area contributed by atoms with E-state index in [1.165, 1.54) is 0 Å². The number of hydrogen-bond acceptors (Lipinski definition) is 2. The van der Waals surface area contributed by atoms with Crippen molar-refractivity contribution in [3.8, 4) is 0 Å². The summed E-state index contributed by atoms with van der Waals surface area (Å²) in [6, 6.07) is 0. The Balaban J connectivity index is 2.54. The molecule has 12 heavy (non-hydrogen) atoms. The summed E-state index contributed by atoms with van der Waals surface area (Å²) < 4.78 is 25.8. The van der Waals surface area contributed by atoms with Gasteiger partial charge in [0, 0.05) is 0 Å². The topological polar surface area (TPSA) is 43.1 Å². The molecule has 1 saturated carbocycles. The minimum Gasteiger partial charge on any atom is -0.324 e. The van der Waals surface area contributed by atoms with Crippen molar-refractivity contribution in [3.63, 3.8) is 0 Å². The first-order chi connectivity index (χ1) is 5.65. The molecule has 3 unspecified atom stereocenters. The molecule has 2 N–H and O–H groups in total. The van der Waals surface area contributed by atoms with Crippen LogP contribution < -0.4 is 5.73 Å². The summed E-state index contributed by atoms with van der Waals surface area (Å²) >= 11 is 0. The Hall–Kier alpha value is -0.510. The van der Waals surface area contributed by atoms with Gasteiger partial charge in [0.25, 0.3) is 0 Å². The molecule has 70 valence electrons. The average Bonchev–Trinajstić information content (AvgIpc) is 2.08. The van der Waals surface area contributed by atoms with Crippen molar-refractivity contribution in [2.24, 2.45) is 11.7 Å². The average molecular weight is 177 g/mol. The molecule has 4 heteroatoms. The molecule has 0 aliphatic heterocycles. The molecule has 0 spiro atoms. The minimum atomic E-state index is -1.19. The Bertz CT molecular complexity index is 174. The first-order valence-corrected chi connectivity index (χ1v) is 4.16. The van der Waals surface area contributed by atoms with E-state index in [4.69, 9.17) is 5.73 Å². The number of halogens is 2. The Labute approximate surface area is 70.1 Å². The van der Waals surface area contributed by atoms with Gasteiger partial charge in [0.1, 0.15) is 12.3 Å². The molecule has 0 saturated heterocycles. The summed E-state index contributed by atoms with van der Waals surface area (Å²) in [6.45, 7) is -0.183. The largest absolute Gasteiger partial charge is 0.324 e. The van der Waals surface area contributed by atoms with Crippen LogP contribution in [0.25, 0.3) is 0 Å². The number of rotatable bonds is 2. The van der Waals surface area contributed by atoms with Crippen LogP contribution in [-0.4, -0.2) is 24.7 Å². The number of carbonyl (C=O) groups is 1. The Morgan fingerprint density at radius 2 is 2.08 bits per heavy atom. The van der Waals surface area contributed by atoms with Crippen LogP contribution in [0.2, 0.25) is 0 Å². The summed E-state index contributed by atoms with van der Waals surface area (Å²) in [5, 5.41) is 0. The highest BCUT2D eigenvalue weighted by Gasteiger charge is 2.34. The number of ketones is 1. The molecule has 0 aromatic carbocycles. The van der Waals surface area contributed by atoms with E-state index in [-0.39, 0.29) is 31.6 Å². The summed E-state index contributed by atoms with van der Waals surface area (Å²) in [5.41, 5.74) is 5.07. The van der Waals surface area contributed by atoms with Gasteiger partial charge in [-0.3, -0.25) is 4.79 Å². The second kappa shape index (κ2) is 3.94. The number of nitrogens with two attached hydrogens (primary N) is 1. The minimum absolute atomic E-state index is 0.0111. The predicted octanol–water partition coefficient (Wildman–Crippen LogP) is 0.990. The summed E-state index contributed by atoms with van der Waals surface area (Å²) in [5.74, 6) is -1.15. The zero-order valence-corrected chi connectivity index (χ0v) is 6.80. The monoisotopic (exact) mass is 177 g/mol. The highest BCUT2D eigenvalue weighted by atomic mass is 19.1. The van der Waals surface area contributed by atoms with E-state index in [1.54, 1.807) is 0 Å². The van der Waals surface area contributed by atoms with Crippen LogP contribution in [0.5, 0.6) is 0 Å². The number of hydrogen-bond donors (Lipinski definition) is 1. The highest BCUT2D eigenvalue weighted by molar-refractivity contribution is 5.83. The van der Waals surface area contributed by atoms with Gasteiger partial charge in [0.05, 0.1) is 12.5 Å². The van der Waals surface area contributed by atoms with Crippen molar-refractivity contribution in [3.05, 3.63) is 0 Å². The van der Waals surface area contributed by atoms with Crippen molar-refractivity contribution < 1.29 is 13.6 Å². The van der Waals surface area contributed by atoms with Crippen LogP contribution in [-0.2, 0) is 4.79 Å². The third-order valence-electron chi connectivity index (χ3n) is 2.32. The highest BCUT2D eigenvalue weighted by Crippen LogP contribution is 2.29. The first-order valence-electron chi connectivity index (χ1n) is 4.16. The number of alkyl halides is 2. The van der Waals surface area contributed by atoms with Crippen molar-refractivity contribution in [2.45, 2.75) is 31.6 Å². The van der Waals surface area contributed by atoms with E-state index >= 15 is 0 Å². The molecule has 0 bridgehead atoms.